The first-order chi connectivity index (χ1) is 8.15. The second-order valence-corrected chi connectivity index (χ2v) is 6.24. The maximum atomic E-state index is 11.8. The molecule has 1 aromatic carbocycles. The normalized spacial score (nSPS) is 10.2. The number of benzene rings is 1. The van der Waals surface area contributed by atoms with Gasteiger partial charge >= 0.3 is 0 Å². The van der Waals surface area contributed by atoms with Crippen LogP contribution in [0.5, 0.6) is 0 Å². The summed E-state index contributed by atoms with van der Waals surface area (Å²) >= 11 is 4.78. The first-order valence-electron chi connectivity index (χ1n) is 5.24. The molecule has 1 N–H and O–H groups in total. The Kier molecular flexibility index (Phi) is 3.97. The third-order valence-electron chi connectivity index (χ3n) is 2.33. The van der Waals surface area contributed by atoms with Gasteiger partial charge in [0.1, 0.15) is 0 Å². The van der Waals surface area contributed by atoms with Gasteiger partial charge in [-0.2, -0.15) is 0 Å². The van der Waals surface area contributed by atoms with E-state index in [0.717, 1.165) is 14.2 Å². The van der Waals surface area contributed by atoms with Crippen LogP contribution >= 0.6 is 27.3 Å². The number of aryl methyl sites for hydroxylation is 1. The van der Waals surface area contributed by atoms with Crippen LogP contribution in [0.15, 0.2) is 40.2 Å². The van der Waals surface area contributed by atoms with Crippen LogP contribution < -0.4 is 5.32 Å². The summed E-state index contributed by atoms with van der Waals surface area (Å²) in [5, 5.41) is 2.91. The molecule has 88 valence electrons. The van der Waals surface area contributed by atoms with E-state index in [1.807, 2.05) is 37.3 Å². The van der Waals surface area contributed by atoms with Gasteiger partial charge in [-0.1, -0.05) is 29.8 Å². The van der Waals surface area contributed by atoms with Crippen molar-refractivity contribution in [2.24, 2.45) is 0 Å². The van der Waals surface area contributed by atoms with Crippen LogP contribution in [0.3, 0.4) is 0 Å². The lowest BCUT2D eigenvalue weighted by Crippen LogP contribution is -2.21. The summed E-state index contributed by atoms with van der Waals surface area (Å²) in [6.45, 7) is 2.61. The van der Waals surface area contributed by atoms with Crippen LogP contribution in [0.4, 0.5) is 0 Å². The van der Waals surface area contributed by atoms with Gasteiger partial charge in [0.2, 0.25) is 0 Å². The molecule has 2 nitrogen and oxygen atoms in total. The molecule has 0 spiro atoms. The maximum Gasteiger partial charge on any atom is 0.261 e. The van der Waals surface area contributed by atoms with Crippen LogP contribution in [-0.4, -0.2) is 5.91 Å². The monoisotopic (exact) mass is 309 g/mol. The standard InChI is InChI=1S/C13H12BrNOS/c1-9-3-2-4-10(7-9)8-15-13(16)11-5-6-12(14)17-11/h2-7H,8H2,1H3,(H,15,16). The molecule has 0 saturated heterocycles. The number of carbonyl (C=O) groups excluding carboxylic acids is 1. The van der Waals surface area contributed by atoms with Crippen molar-refractivity contribution < 1.29 is 4.79 Å². The smallest absolute Gasteiger partial charge is 0.261 e. The molecule has 0 unspecified atom stereocenters. The van der Waals surface area contributed by atoms with E-state index in [9.17, 15) is 4.79 Å². The molecule has 2 rings (SSSR count). The number of hydrogen-bond acceptors (Lipinski definition) is 2. The van der Waals surface area contributed by atoms with E-state index in [4.69, 9.17) is 0 Å². The summed E-state index contributed by atoms with van der Waals surface area (Å²) in [5.41, 5.74) is 2.32. The van der Waals surface area contributed by atoms with E-state index in [1.165, 1.54) is 16.9 Å². The predicted octanol–water partition coefficient (Wildman–Crippen LogP) is 3.75. The summed E-state index contributed by atoms with van der Waals surface area (Å²) in [6.07, 6.45) is 0. The molecule has 0 radical (unpaired) electrons. The van der Waals surface area contributed by atoms with E-state index < -0.39 is 0 Å². The van der Waals surface area contributed by atoms with E-state index in [1.54, 1.807) is 0 Å². The lowest BCUT2D eigenvalue weighted by molar-refractivity contribution is 0.0955. The van der Waals surface area contributed by atoms with Gasteiger partial charge in [-0.3, -0.25) is 4.79 Å². The minimum absolute atomic E-state index is 0.0257. The molecule has 1 heterocycles. The molecule has 2 aromatic rings. The summed E-state index contributed by atoms with van der Waals surface area (Å²) < 4.78 is 0.971. The molecule has 0 bridgehead atoms. The number of hydrogen-bond donors (Lipinski definition) is 1. The van der Waals surface area contributed by atoms with E-state index in [2.05, 4.69) is 27.3 Å². The summed E-state index contributed by atoms with van der Waals surface area (Å²) in [4.78, 5) is 12.5. The number of rotatable bonds is 3. The largest absolute Gasteiger partial charge is 0.347 e. The molecule has 0 aliphatic rings. The topological polar surface area (TPSA) is 29.1 Å². The first-order valence-corrected chi connectivity index (χ1v) is 6.85. The van der Waals surface area contributed by atoms with Crippen LogP contribution in [0.2, 0.25) is 0 Å². The Morgan fingerprint density at radius 1 is 1.35 bits per heavy atom. The third-order valence-corrected chi connectivity index (χ3v) is 3.95. The van der Waals surface area contributed by atoms with Crippen molar-refractivity contribution in [2.45, 2.75) is 13.5 Å². The van der Waals surface area contributed by atoms with Gasteiger partial charge in [-0.15, -0.1) is 11.3 Å². The van der Waals surface area contributed by atoms with Crippen molar-refractivity contribution in [1.82, 2.24) is 5.32 Å². The van der Waals surface area contributed by atoms with Crippen molar-refractivity contribution in [2.75, 3.05) is 0 Å². The van der Waals surface area contributed by atoms with E-state index in [-0.39, 0.29) is 5.91 Å². The minimum atomic E-state index is -0.0257. The first kappa shape index (κ1) is 12.3. The molecule has 1 amide bonds. The van der Waals surface area contributed by atoms with Gasteiger partial charge in [0.15, 0.2) is 0 Å². The number of nitrogens with one attached hydrogen (secondary N) is 1. The molecule has 0 aliphatic carbocycles. The van der Waals surface area contributed by atoms with Crippen molar-refractivity contribution >= 4 is 33.2 Å². The molecule has 0 fully saturated rings. The zero-order valence-electron chi connectivity index (χ0n) is 9.37. The number of amides is 1. The molecule has 0 aliphatic heterocycles. The second kappa shape index (κ2) is 5.47. The Morgan fingerprint density at radius 2 is 2.18 bits per heavy atom. The molecular weight excluding hydrogens is 298 g/mol. The Labute approximate surface area is 113 Å². The van der Waals surface area contributed by atoms with Crippen molar-refractivity contribution in [3.05, 3.63) is 56.2 Å². The zero-order chi connectivity index (χ0) is 12.3. The van der Waals surface area contributed by atoms with Gasteiger partial charge < -0.3 is 5.32 Å². The van der Waals surface area contributed by atoms with Crippen molar-refractivity contribution in [1.29, 1.82) is 0 Å². The van der Waals surface area contributed by atoms with Gasteiger partial charge in [0, 0.05) is 6.54 Å². The van der Waals surface area contributed by atoms with Crippen molar-refractivity contribution in [3.8, 4) is 0 Å². The average Bonchev–Trinajstić information content (AvgIpc) is 2.73. The SMILES string of the molecule is Cc1cccc(CNC(=O)c2ccc(Br)s2)c1. The second-order valence-electron chi connectivity index (χ2n) is 3.78. The van der Waals surface area contributed by atoms with Crippen LogP contribution in [0.25, 0.3) is 0 Å². The van der Waals surface area contributed by atoms with E-state index in [0.29, 0.717) is 6.54 Å². The quantitative estimate of drug-likeness (QED) is 0.919. The van der Waals surface area contributed by atoms with Crippen LogP contribution in [-0.2, 0) is 6.54 Å². The third kappa shape index (κ3) is 3.41. The van der Waals surface area contributed by atoms with Gasteiger partial charge in [0.25, 0.3) is 5.91 Å². The fourth-order valence-corrected chi connectivity index (χ4v) is 2.83. The molecule has 1 aromatic heterocycles. The van der Waals surface area contributed by atoms with Gasteiger partial charge in [-0.25, -0.2) is 0 Å². The Balaban J connectivity index is 1.97. The summed E-state index contributed by atoms with van der Waals surface area (Å²) in [6, 6.07) is 11.8. The predicted molar refractivity (Wildman–Crippen MR) is 74.4 cm³/mol. The van der Waals surface area contributed by atoms with Gasteiger partial charge in [0.05, 0.1) is 8.66 Å². The van der Waals surface area contributed by atoms with Crippen molar-refractivity contribution in [3.63, 3.8) is 0 Å². The van der Waals surface area contributed by atoms with Gasteiger partial charge in [-0.05, 0) is 40.5 Å². The minimum Gasteiger partial charge on any atom is -0.347 e. The highest BCUT2D eigenvalue weighted by atomic mass is 79.9. The highest BCUT2D eigenvalue weighted by Crippen LogP contribution is 2.21. The molecule has 0 saturated carbocycles. The van der Waals surface area contributed by atoms with Crippen LogP contribution in [0, 0.1) is 6.92 Å². The molecule has 0 atom stereocenters. The number of halogens is 1. The fourth-order valence-electron chi connectivity index (χ4n) is 1.53. The number of carbonyl (C=O) groups is 1. The number of thiophene rings is 1. The maximum absolute atomic E-state index is 11.8. The lowest BCUT2D eigenvalue weighted by Gasteiger charge is -2.04. The fraction of sp³-hybridized carbons (Fsp3) is 0.154. The molecule has 17 heavy (non-hydrogen) atoms. The average molecular weight is 310 g/mol. The lowest BCUT2D eigenvalue weighted by atomic mass is 10.1. The molecular formula is C13H12BrNOS. The zero-order valence-corrected chi connectivity index (χ0v) is 11.8. The Bertz CT molecular complexity index is 536. The molecule has 4 heteroatoms. The summed E-state index contributed by atoms with van der Waals surface area (Å²) in [5.74, 6) is -0.0257. The highest BCUT2D eigenvalue weighted by molar-refractivity contribution is 9.11. The Hall–Kier alpha value is -1.13. The van der Waals surface area contributed by atoms with E-state index >= 15 is 0 Å². The Morgan fingerprint density at radius 3 is 2.82 bits per heavy atom. The van der Waals surface area contributed by atoms with Crippen LogP contribution in [0.1, 0.15) is 20.8 Å². The summed E-state index contributed by atoms with van der Waals surface area (Å²) in [7, 11) is 0. The highest BCUT2D eigenvalue weighted by Gasteiger charge is 2.07.